The fraction of sp³-hybridized carbons (Fsp3) is 0.308. The quantitative estimate of drug-likeness (QED) is 0.673. The number of nitrogens with two attached hydrogens (primary N) is 1. The first-order chi connectivity index (χ1) is 8.65. The van der Waals surface area contributed by atoms with E-state index in [9.17, 15) is 13.2 Å². The summed E-state index contributed by atoms with van der Waals surface area (Å²) in [5, 5.41) is 0.387. The minimum Gasteiger partial charge on any atom is -0.330 e. The highest BCUT2D eigenvalue weighted by atomic mass is 19.2. The van der Waals surface area contributed by atoms with Crippen LogP contribution < -0.4 is 5.73 Å². The van der Waals surface area contributed by atoms with Crippen molar-refractivity contribution in [1.82, 2.24) is 4.98 Å². The Labute approximate surface area is 103 Å². The monoisotopic (exact) mass is 254 g/mol. The van der Waals surface area contributed by atoms with Crippen molar-refractivity contribution in [3.63, 3.8) is 0 Å². The first kappa shape index (κ1) is 12.8. The molecule has 0 saturated carbocycles. The van der Waals surface area contributed by atoms with E-state index in [1.54, 1.807) is 0 Å². The Morgan fingerprint density at radius 2 is 1.89 bits per heavy atom. The molecule has 0 unspecified atom stereocenters. The van der Waals surface area contributed by atoms with E-state index in [0.29, 0.717) is 24.0 Å². The summed E-state index contributed by atoms with van der Waals surface area (Å²) < 4.78 is 40.1. The van der Waals surface area contributed by atoms with Gasteiger partial charge in [0.1, 0.15) is 0 Å². The van der Waals surface area contributed by atoms with Crippen molar-refractivity contribution in [1.29, 1.82) is 0 Å². The summed E-state index contributed by atoms with van der Waals surface area (Å²) in [6, 6.07) is 2.45. The largest absolute Gasteiger partial charge is 0.330 e. The Morgan fingerprint density at radius 3 is 2.61 bits per heavy atom. The molecule has 2 aromatic rings. The number of aryl methyl sites for hydroxylation is 1. The van der Waals surface area contributed by atoms with Crippen LogP contribution in [0.3, 0.4) is 0 Å². The van der Waals surface area contributed by atoms with Gasteiger partial charge in [-0.1, -0.05) is 0 Å². The first-order valence-electron chi connectivity index (χ1n) is 5.76. The number of benzene rings is 1. The van der Waals surface area contributed by atoms with Crippen LogP contribution in [-0.4, -0.2) is 11.5 Å². The van der Waals surface area contributed by atoms with Crippen LogP contribution >= 0.6 is 0 Å². The maximum atomic E-state index is 13.7. The minimum absolute atomic E-state index is 0.0634. The fourth-order valence-electron chi connectivity index (χ4n) is 1.94. The summed E-state index contributed by atoms with van der Waals surface area (Å²) in [7, 11) is 0. The SMILES string of the molecule is NCCCCc1nccc2cc(F)c(F)c(F)c12. The zero-order valence-corrected chi connectivity index (χ0v) is 9.72. The highest BCUT2D eigenvalue weighted by Gasteiger charge is 2.16. The number of halogens is 3. The number of fused-ring (bicyclic) bond motifs is 1. The molecule has 0 bridgehead atoms. The van der Waals surface area contributed by atoms with E-state index in [4.69, 9.17) is 5.73 Å². The summed E-state index contributed by atoms with van der Waals surface area (Å²) in [5.41, 5.74) is 5.82. The average Bonchev–Trinajstić information content (AvgIpc) is 2.36. The number of nitrogens with zero attached hydrogens (tertiary/aromatic N) is 1. The first-order valence-corrected chi connectivity index (χ1v) is 5.76. The Hall–Kier alpha value is -1.62. The van der Waals surface area contributed by atoms with Crippen LogP contribution in [0.2, 0.25) is 0 Å². The number of pyridine rings is 1. The second-order valence-electron chi connectivity index (χ2n) is 4.09. The van der Waals surface area contributed by atoms with Crippen LogP contribution in [0.5, 0.6) is 0 Å². The zero-order valence-electron chi connectivity index (χ0n) is 9.72. The van der Waals surface area contributed by atoms with Crippen molar-refractivity contribution in [3.05, 3.63) is 41.5 Å². The van der Waals surface area contributed by atoms with Gasteiger partial charge in [-0.15, -0.1) is 0 Å². The third-order valence-electron chi connectivity index (χ3n) is 2.83. The van der Waals surface area contributed by atoms with Crippen molar-refractivity contribution < 1.29 is 13.2 Å². The molecular formula is C13H13F3N2. The molecule has 0 spiro atoms. The van der Waals surface area contributed by atoms with Crippen molar-refractivity contribution in [3.8, 4) is 0 Å². The molecule has 0 atom stereocenters. The van der Waals surface area contributed by atoms with Crippen molar-refractivity contribution in [2.45, 2.75) is 19.3 Å². The van der Waals surface area contributed by atoms with Crippen molar-refractivity contribution in [2.24, 2.45) is 5.73 Å². The maximum absolute atomic E-state index is 13.7. The molecule has 0 fully saturated rings. The molecule has 18 heavy (non-hydrogen) atoms. The Balaban J connectivity index is 2.50. The molecule has 96 valence electrons. The highest BCUT2D eigenvalue weighted by molar-refractivity contribution is 5.85. The third kappa shape index (κ3) is 2.31. The third-order valence-corrected chi connectivity index (χ3v) is 2.83. The summed E-state index contributed by atoms with van der Waals surface area (Å²) in [5.74, 6) is -3.80. The molecule has 1 heterocycles. The number of hydrogen-bond acceptors (Lipinski definition) is 2. The molecule has 2 N–H and O–H groups in total. The van der Waals surface area contributed by atoms with Gasteiger partial charge >= 0.3 is 0 Å². The van der Waals surface area contributed by atoms with E-state index in [2.05, 4.69) is 4.98 Å². The molecule has 0 aliphatic carbocycles. The van der Waals surface area contributed by atoms with Crippen LogP contribution in [0.15, 0.2) is 18.3 Å². The second kappa shape index (κ2) is 5.35. The van der Waals surface area contributed by atoms with Gasteiger partial charge in [0.05, 0.1) is 5.69 Å². The van der Waals surface area contributed by atoms with Crippen molar-refractivity contribution >= 4 is 10.8 Å². The topological polar surface area (TPSA) is 38.9 Å². The molecule has 0 aliphatic rings. The predicted molar refractivity (Wildman–Crippen MR) is 63.6 cm³/mol. The van der Waals surface area contributed by atoms with Gasteiger partial charge in [-0.25, -0.2) is 13.2 Å². The minimum atomic E-state index is -1.45. The highest BCUT2D eigenvalue weighted by Crippen LogP contribution is 2.25. The summed E-state index contributed by atoms with van der Waals surface area (Å²) >= 11 is 0. The molecule has 1 aromatic heterocycles. The molecule has 5 heteroatoms. The number of aromatic nitrogens is 1. The van der Waals surface area contributed by atoms with Crippen LogP contribution in [0.4, 0.5) is 13.2 Å². The smallest absolute Gasteiger partial charge is 0.195 e. The predicted octanol–water partition coefficient (Wildman–Crippen LogP) is 2.93. The average molecular weight is 254 g/mol. The Morgan fingerprint density at radius 1 is 1.11 bits per heavy atom. The Kier molecular flexibility index (Phi) is 3.81. The summed E-state index contributed by atoms with van der Waals surface area (Å²) in [6.07, 6.45) is 3.48. The van der Waals surface area contributed by atoms with Gasteiger partial charge in [0, 0.05) is 11.6 Å². The van der Waals surface area contributed by atoms with Gasteiger partial charge < -0.3 is 5.73 Å². The maximum Gasteiger partial charge on any atom is 0.195 e. The van der Waals surface area contributed by atoms with Gasteiger partial charge in [0.2, 0.25) is 0 Å². The van der Waals surface area contributed by atoms with E-state index < -0.39 is 17.5 Å². The molecule has 2 rings (SSSR count). The lowest BCUT2D eigenvalue weighted by molar-refractivity contribution is 0.453. The number of rotatable bonds is 4. The van der Waals surface area contributed by atoms with E-state index in [1.165, 1.54) is 12.3 Å². The molecule has 0 aliphatic heterocycles. The van der Waals surface area contributed by atoms with E-state index >= 15 is 0 Å². The fourth-order valence-corrected chi connectivity index (χ4v) is 1.94. The van der Waals surface area contributed by atoms with Crippen LogP contribution in [-0.2, 0) is 6.42 Å². The normalized spacial score (nSPS) is 11.1. The number of unbranched alkanes of at least 4 members (excludes halogenated alkanes) is 1. The molecule has 1 aromatic carbocycles. The zero-order chi connectivity index (χ0) is 13.1. The molecule has 0 saturated heterocycles. The van der Waals surface area contributed by atoms with Crippen LogP contribution in [0.25, 0.3) is 10.8 Å². The van der Waals surface area contributed by atoms with E-state index in [-0.39, 0.29) is 5.39 Å². The van der Waals surface area contributed by atoms with Crippen LogP contribution in [0, 0.1) is 17.5 Å². The van der Waals surface area contributed by atoms with Gasteiger partial charge in [-0.05, 0) is 43.3 Å². The van der Waals surface area contributed by atoms with E-state index in [1.807, 2.05) is 0 Å². The summed E-state index contributed by atoms with van der Waals surface area (Å²) in [6.45, 7) is 0.538. The van der Waals surface area contributed by atoms with Crippen molar-refractivity contribution in [2.75, 3.05) is 6.54 Å². The van der Waals surface area contributed by atoms with Gasteiger partial charge in [0.15, 0.2) is 17.5 Å². The number of hydrogen-bond donors (Lipinski definition) is 1. The standard InChI is InChI=1S/C13H13F3N2/c14-9-7-8-4-6-18-10(3-1-2-5-17)11(8)13(16)12(9)15/h4,6-7H,1-3,5,17H2. The Bertz CT molecular complexity index is 570. The van der Waals surface area contributed by atoms with Gasteiger partial charge in [-0.3, -0.25) is 4.98 Å². The lowest BCUT2D eigenvalue weighted by atomic mass is 10.0. The summed E-state index contributed by atoms with van der Waals surface area (Å²) in [4.78, 5) is 4.04. The molecule has 2 nitrogen and oxygen atoms in total. The van der Waals surface area contributed by atoms with Gasteiger partial charge in [0.25, 0.3) is 0 Å². The molecule has 0 radical (unpaired) electrons. The second-order valence-corrected chi connectivity index (χ2v) is 4.09. The van der Waals surface area contributed by atoms with E-state index in [0.717, 1.165) is 18.9 Å². The molecular weight excluding hydrogens is 241 g/mol. The lowest BCUT2D eigenvalue weighted by Gasteiger charge is -2.07. The van der Waals surface area contributed by atoms with Crippen LogP contribution in [0.1, 0.15) is 18.5 Å². The van der Waals surface area contributed by atoms with Gasteiger partial charge in [-0.2, -0.15) is 0 Å². The molecule has 0 amide bonds. The lowest BCUT2D eigenvalue weighted by Crippen LogP contribution is -2.02.